The quantitative estimate of drug-likeness (QED) is 0.537. The van der Waals surface area contributed by atoms with Crippen LogP contribution in [0.5, 0.6) is 0 Å². The lowest BCUT2D eigenvalue weighted by Crippen LogP contribution is -2.13. The second kappa shape index (κ2) is 3.37. The van der Waals surface area contributed by atoms with Crippen molar-refractivity contribution in [2.45, 2.75) is 32.0 Å². The highest BCUT2D eigenvalue weighted by atomic mass is 16.7. The molecule has 0 saturated carbocycles. The first-order valence-corrected chi connectivity index (χ1v) is 4.39. The molecule has 2 heteroatoms. The zero-order valence-corrected chi connectivity index (χ0v) is 6.71. The Morgan fingerprint density at radius 2 is 2.00 bits per heavy atom. The average molecular weight is 154 g/mol. The van der Waals surface area contributed by atoms with Crippen LogP contribution in [0.1, 0.15) is 25.7 Å². The molecule has 1 heterocycles. The van der Waals surface area contributed by atoms with Crippen LogP contribution in [0.4, 0.5) is 0 Å². The van der Waals surface area contributed by atoms with Gasteiger partial charge < -0.3 is 9.47 Å². The van der Waals surface area contributed by atoms with Crippen molar-refractivity contribution < 1.29 is 9.47 Å². The number of allylic oxidation sites excluding steroid dienone is 1. The Balaban J connectivity index is 1.96. The molecule has 1 aliphatic carbocycles. The SMILES string of the molecule is C1=C(C2OCCO2)CCCC1. The lowest BCUT2D eigenvalue weighted by atomic mass is 9.99. The summed E-state index contributed by atoms with van der Waals surface area (Å²) in [6, 6.07) is 0. The molecule has 1 aliphatic heterocycles. The molecule has 0 N–H and O–H groups in total. The fraction of sp³-hybridized carbons (Fsp3) is 0.778. The molecule has 0 bridgehead atoms. The molecule has 0 spiro atoms. The Hall–Kier alpha value is -0.340. The molecule has 0 atom stereocenters. The van der Waals surface area contributed by atoms with Crippen LogP contribution in [-0.4, -0.2) is 19.5 Å². The van der Waals surface area contributed by atoms with E-state index in [1.54, 1.807) is 0 Å². The third kappa shape index (κ3) is 1.63. The van der Waals surface area contributed by atoms with E-state index >= 15 is 0 Å². The highest BCUT2D eigenvalue weighted by molar-refractivity contribution is 5.08. The van der Waals surface area contributed by atoms with Gasteiger partial charge in [0.05, 0.1) is 13.2 Å². The first-order chi connectivity index (χ1) is 5.47. The number of rotatable bonds is 1. The van der Waals surface area contributed by atoms with Gasteiger partial charge in [-0.1, -0.05) is 6.08 Å². The second-order valence-electron chi connectivity index (χ2n) is 3.10. The van der Waals surface area contributed by atoms with Crippen molar-refractivity contribution in [2.24, 2.45) is 0 Å². The van der Waals surface area contributed by atoms with Gasteiger partial charge in [0.2, 0.25) is 0 Å². The highest BCUT2D eigenvalue weighted by Gasteiger charge is 2.21. The molecule has 0 aromatic carbocycles. The molecule has 2 aliphatic rings. The topological polar surface area (TPSA) is 18.5 Å². The predicted octanol–water partition coefficient (Wildman–Crippen LogP) is 1.86. The molecular formula is C9H14O2. The van der Waals surface area contributed by atoms with Crippen LogP contribution < -0.4 is 0 Å². The van der Waals surface area contributed by atoms with E-state index in [2.05, 4.69) is 6.08 Å². The van der Waals surface area contributed by atoms with Crippen LogP contribution in [0.2, 0.25) is 0 Å². The fourth-order valence-electron chi connectivity index (χ4n) is 1.65. The monoisotopic (exact) mass is 154 g/mol. The number of hydrogen-bond donors (Lipinski definition) is 0. The molecule has 2 nitrogen and oxygen atoms in total. The van der Waals surface area contributed by atoms with E-state index in [1.165, 1.54) is 31.3 Å². The van der Waals surface area contributed by atoms with Crippen molar-refractivity contribution in [1.82, 2.24) is 0 Å². The Morgan fingerprint density at radius 3 is 2.64 bits per heavy atom. The van der Waals surface area contributed by atoms with Crippen molar-refractivity contribution in [3.8, 4) is 0 Å². The Labute approximate surface area is 67.2 Å². The summed E-state index contributed by atoms with van der Waals surface area (Å²) in [6.07, 6.45) is 7.30. The highest BCUT2D eigenvalue weighted by Crippen LogP contribution is 2.24. The normalized spacial score (nSPS) is 27.1. The van der Waals surface area contributed by atoms with Gasteiger partial charge in [-0.3, -0.25) is 0 Å². The summed E-state index contributed by atoms with van der Waals surface area (Å²) in [5.74, 6) is 0. The van der Waals surface area contributed by atoms with Gasteiger partial charge in [0.25, 0.3) is 0 Å². The van der Waals surface area contributed by atoms with E-state index in [0.717, 1.165) is 13.2 Å². The van der Waals surface area contributed by atoms with Crippen molar-refractivity contribution >= 4 is 0 Å². The maximum atomic E-state index is 5.40. The summed E-state index contributed by atoms with van der Waals surface area (Å²) >= 11 is 0. The molecule has 0 unspecified atom stereocenters. The summed E-state index contributed by atoms with van der Waals surface area (Å²) in [6.45, 7) is 1.53. The summed E-state index contributed by atoms with van der Waals surface area (Å²) in [4.78, 5) is 0. The van der Waals surface area contributed by atoms with E-state index in [9.17, 15) is 0 Å². The zero-order chi connectivity index (χ0) is 7.52. The summed E-state index contributed by atoms with van der Waals surface area (Å²) in [7, 11) is 0. The van der Waals surface area contributed by atoms with Gasteiger partial charge in [-0.15, -0.1) is 0 Å². The van der Waals surface area contributed by atoms with E-state index < -0.39 is 0 Å². The second-order valence-corrected chi connectivity index (χ2v) is 3.10. The van der Waals surface area contributed by atoms with Gasteiger partial charge in [0.1, 0.15) is 0 Å². The number of hydrogen-bond acceptors (Lipinski definition) is 2. The first-order valence-electron chi connectivity index (χ1n) is 4.39. The van der Waals surface area contributed by atoms with E-state index in [1.807, 2.05) is 0 Å². The lowest BCUT2D eigenvalue weighted by molar-refractivity contribution is -0.0145. The van der Waals surface area contributed by atoms with E-state index in [-0.39, 0.29) is 6.29 Å². The Morgan fingerprint density at radius 1 is 1.18 bits per heavy atom. The lowest BCUT2D eigenvalue weighted by Gasteiger charge is -2.17. The Bertz CT molecular complexity index is 157. The van der Waals surface area contributed by atoms with E-state index in [0.29, 0.717) is 0 Å². The van der Waals surface area contributed by atoms with Crippen molar-refractivity contribution in [2.75, 3.05) is 13.2 Å². The van der Waals surface area contributed by atoms with Crippen molar-refractivity contribution in [3.05, 3.63) is 11.6 Å². The molecule has 0 amide bonds. The third-order valence-electron chi connectivity index (χ3n) is 2.25. The Kier molecular flexibility index (Phi) is 2.24. The molecule has 1 saturated heterocycles. The van der Waals surface area contributed by atoms with Crippen LogP contribution in [0.25, 0.3) is 0 Å². The molecule has 2 rings (SSSR count). The van der Waals surface area contributed by atoms with Crippen LogP contribution in [0.3, 0.4) is 0 Å². The van der Waals surface area contributed by atoms with Gasteiger partial charge in [-0.05, 0) is 31.3 Å². The maximum Gasteiger partial charge on any atom is 0.179 e. The minimum Gasteiger partial charge on any atom is -0.346 e. The molecule has 0 radical (unpaired) electrons. The summed E-state index contributed by atoms with van der Waals surface area (Å²) < 4.78 is 10.8. The van der Waals surface area contributed by atoms with Crippen molar-refractivity contribution in [1.29, 1.82) is 0 Å². The van der Waals surface area contributed by atoms with Crippen LogP contribution in [0, 0.1) is 0 Å². The zero-order valence-electron chi connectivity index (χ0n) is 6.71. The molecule has 62 valence electrons. The van der Waals surface area contributed by atoms with Gasteiger partial charge in [-0.25, -0.2) is 0 Å². The molecule has 0 aromatic heterocycles. The summed E-state index contributed by atoms with van der Waals surface area (Å²) in [5, 5.41) is 0. The van der Waals surface area contributed by atoms with Gasteiger partial charge in [-0.2, -0.15) is 0 Å². The summed E-state index contributed by atoms with van der Waals surface area (Å²) in [5.41, 5.74) is 1.37. The first kappa shape index (κ1) is 7.32. The van der Waals surface area contributed by atoms with Gasteiger partial charge in [0, 0.05) is 0 Å². The fourth-order valence-corrected chi connectivity index (χ4v) is 1.65. The molecule has 1 fully saturated rings. The minimum atomic E-state index is 0.00954. The van der Waals surface area contributed by atoms with Crippen molar-refractivity contribution in [3.63, 3.8) is 0 Å². The van der Waals surface area contributed by atoms with Crippen LogP contribution >= 0.6 is 0 Å². The third-order valence-corrected chi connectivity index (χ3v) is 2.25. The van der Waals surface area contributed by atoms with Gasteiger partial charge in [0.15, 0.2) is 6.29 Å². The molecule has 0 aromatic rings. The predicted molar refractivity (Wildman–Crippen MR) is 42.2 cm³/mol. The largest absolute Gasteiger partial charge is 0.346 e. The standard InChI is InChI=1S/C9H14O2/c1-2-4-8(5-3-1)9-10-6-7-11-9/h4,9H,1-3,5-7H2. The van der Waals surface area contributed by atoms with Gasteiger partial charge >= 0.3 is 0 Å². The van der Waals surface area contributed by atoms with Crippen LogP contribution in [-0.2, 0) is 9.47 Å². The number of ether oxygens (including phenoxy) is 2. The smallest absolute Gasteiger partial charge is 0.179 e. The van der Waals surface area contributed by atoms with Crippen LogP contribution in [0.15, 0.2) is 11.6 Å². The minimum absolute atomic E-state index is 0.00954. The van der Waals surface area contributed by atoms with E-state index in [4.69, 9.17) is 9.47 Å². The maximum absolute atomic E-state index is 5.40. The molecular weight excluding hydrogens is 140 g/mol. The molecule has 11 heavy (non-hydrogen) atoms. The average Bonchev–Trinajstić information content (AvgIpc) is 2.58.